The molecule has 0 unspecified atom stereocenters. The molecule has 0 spiro atoms. The number of benzene rings is 2. The van der Waals surface area contributed by atoms with Crippen molar-refractivity contribution in [1.29, 1.82) is 5.26 Å². The van der Waals surface area contributed by atoms with E-state index >= 15 is 0 Å². The van der Waals surface area contributed by atoms with E-state index in [-0.39, 0.29) is 23.9 Å². The van der Waals surface area contributed by atoms with Crippen LogP contribution in [0, 0.1) is 17.2 Å². The lowest BCUT2D eigenvalue weighted by Crippen LogP contribution is -2.39. The van der Waals surface area contributed by atoms with Gasteiger partial charge in [0.25, 0.3) is 5.56 Å². The van der Waals surface area contributed by atoms with Gasteiger partial charge in [0, 0.05) is 22.5 Å². The van der Waals surface area contributed by atoms with E-state index < -0.39 is 0 Å². The normalized spacial score (nSPS) is 14.6. The molecule has 35 heavy (non-hydrogen) atoms. The highest BCUT2D eigenvalue weighted by molar-refractivity contribution is 7.17. The number of piperidine rings is 1. The summed E-state index contributed by atoms with van der Waals surface area (Å²) in [5, 5.41) is 14.9. The molecule has 0 radical (unpaired) electrons. The summed E-state index contributed by atoms with van der Waals surface area (Å²) < 4.78 is 1.50. The quantitative estimate of drug-likeness (QED) is 0.436. The molecule has 2 aromatic carbocycles. The number of hydrogen-bond acceptors (Lipinski definition) is 6. The molecule has 1 aliphatic rings. The van der Waals surface area contributed by atoms with Crippen LogP contribution in [0.2, 0.25) is 0 Å². The summed E-state index contributed by atoms with van der Waals surface area (Å²) in [6.07, 6.45) is 1.47. The number of para-hydroxylation sites is 1. The Morgan fingerprint density at radius 3 is 2.46 bits per heavy atom. The summed E-state index contributed by atoms with van der Waals surface area (Å²) in [6, 6.07) is 21.4. The Bertz CT molecular complexity index is 1430. The van der Waals surface area contributed by atoms with Gasteiger partial charge in [-0.25, -0.2) is 4.98 Å². The molecule has 4 aromatic rings. The van der Waals surface area contributed by atoms with Gasteiger partial charge in [0.1, 0.15) is 17.2 Å². The molecule has 1 saturated heterocycles. The van der Waals surface area contributed by atoms with Crippen LogP contribution in [-0.2, 0) is 17.9 Å². The number of fused-ring (bicyclic) bond motifs is 1. The number of hydrogen-bond donors (Lipinski definition) is 1. The van der Waals surface area contributed by atoms with E-state index in [1.54, 1.807) is 0 Å². The van der Waals surface area contributed by atoms with Crippen LogP contribution in [0.1, 0.15) is 18.7 Å². The SMILES string of the molecule is N#CCn1c(CN2CCC(C(=O)Nc3ccccc3)CC2)nc2scc(-c3ccccc3)c2c1=O. The predicted molar refractivity (Wildman–Crippen MR) is 138 cm³/mol. The molecule has 3 heterocycles. The summed E-state index contributed by atoms with van der Waals surface area (Å²) in [7, 11) is 0. The Morgan fingerprint density at radius 1 is 1.09 bits per heavy atom. The molecular formula is C27H25N5O2S. The number of nitrogens with zero attached hydrogens (tertiary/aromatic N) is 4. The predicted octanol–water partition coefficient (Wildman–Crippen LogP) is 4.50. The Morgan fingerprint density at radius 2 is 1.77 bits per heavy atom. The first-order valence-electron chi connectivity index (χ1n) is 11.7. The number of rotatable bonds is 6. The Labute approximate surface area is 207 Å². The van der Waals surface area contributed by atoms with Gasteiger partial charge in [0.15, 0.2) is 0 Å². The van der Waals surface area contributed by atoms with Crippen molar-refractivity contribution in [1.82, 2.24) is 14.5 Å². The van der Waals surface area contributed by atoms with Gasteiger partial charge in [-0.2, -0.15) is 5.26 Å². The van der Waals surface area contributed by atoms with Crippen molar-refractivity contribution in [2.45, 2.75) is 25.9 Å². The topological polar surface area (TPSA) is 91.0 Å². The third-order valence-corrected chi connectivity index (χ3v) is 7.32. The van der Waals surface area contributed by atoms with Gasteiger partial charge >= 0.3 is 0 Å². The average molecular weight is 484 g/mol. The zero-order valence-corrected chi connectivity index (χ0v) is 20.0. The smallest absolute Gasteiger partial charge is 0.263 e. The van der Waals surface area contributed by atoms with Crippen molar-refractivity contribution in [2.75, 3.05) is 18.4 Å². The molecule has 0 aliphatic carbocycles. The number of nitriles is 1. The molecular weight excluding hydrogens is 458 g/mol. The van der Waals surface area contributed by atoms with Gasteiger partial charge in [-0.1, -0.05) is 48.5 Å². The second kappa shape index (κ2) is 10.2. The molecule has 0 saturated carbocycles. The number of thiophene rings is 1. The number of likely N-dealkylation sites (tertiary alicyclic amines) is 1. The molecule has 1 aliphatic heterocycles. The van der Waals surface area contributed by atoms with Gasteiger partial charge < -0.3 is 5.32 Å². The molecule has 176 valence electrons. The zero-order chi connectivity index (χ0) is 24.2. The molecule has 0 atom stereocenters. The summed E-state index contributed by atoms with van der Waals surface area (Å²) in [5.74, 6) is 0.593. The van der Waals surface area contributed by atoms with E-state index in [4.69, 9.17) is 4.98 Å². The molecule has 7 nitrogen and oxygen atoms in total. The van der Waals surface area contributed by atoms with E-state index in [1.165, 1.54) is 15.9 Å². The summed E-state index contributed by atoms with van der Waals surface area (Å²) in [6.45, 7) is 1.88. The molecule has 1 N–H and O–H groups in total. The highest BCUT2D eigenvalue weighted by Crippen LogP contribution is 2.31. The largest absolute Gasteiger partial charge is 0.326 e. The van der Waals surface area contributed by atoms with Crippen LogP contribution in [0.3, 0.4) is 0 Å². The second-order valence-corrected chi connectivity index (χ2v) is 9.54. The fraction of sp³-hybridized carbons (Fsp3) is 0.259. The lowest BCUT2D eigenvalue weighted by molar-refractivity contribution is -0.121. The van der Waals surface area contributed by atoms with Gasteiger partial charge in [-0.15, -0.1) is 11.3 Å². The number of carbonyl (C=O) groups excluding carboxylic acids is 1. The fourth-order valence-electron chi connectivity index (χ4n) is 4.57. The highest BCUT2D eigenvalue weighted by atomic mass is 32.1. The maximum atomic E-state index is 13.5. The van der Waals surface area contributed by atoms with Gasteiger partial charge in [0.05, 0.1) is 18.0 Å². The van der Waals surface area contributed by atoms with Crippen LogP contribution < -0.4 is 10.9 Å². The van der Waals surface area contributed by atoms with Gasteiger partial charge in [-0.05, 0) is 43.6 Å². The van der Waals surface area contributed by atoms with Crippen molar-refractivity contribution in [3.8, 4) is 17.2 Å². The van der Waals surface area contributed by atoms with Crippen LogP contribution in [-0.4, -0.2) is 33.4 Å². The van der Waals surface area contributed by atoms with Gasteiger partial charge in [-0.3, -0.25) is 19.1 Å². The van der Waals surface area contributed by atoms with Crippen LogP contribution in [0.15, 0.2) is 70.8 Å². The number of amides is 1. The summed E-state index contributed by atoms with van der Waals surface area (Å²) in [4.78, 5) is 33.8. The highest BCUT2D eigenvalue weighted by Gasteiger charge is 2.26. The minimum atomic E-state index is -0.177. The fourth-order valence-corrected chi connectivity index (χ4v) is 5.53. The van der Waals surface area contributed by atoms with E-state index in [0.717, 1.165) is 42.7 Å². The van der Waals surface area contributed by atoms with E-state index in [1.807, 2.05) is 66.0 Å². The summed E-state index contributed by atoms with van der Waals surface area (Å²) >= 11 is 1.45. The molecule has 1 fully saturated rings. The van der Waals surface area contributed by atoms with Crippen LogP contribution >= 0.6 is 11.3 Å². The maximum Gasteiger partial charge on any atom is 0.263 e. The number of aromatic nitrogens is 2. The minimum absolute atomic E-state index is 0.0445. The Hall–Kier alpha value is -3.80. The average Bonchev–Trinajstić information content (AvgIpc) is 3.32. The van der Waals surface area contributed by atoms with E-state index in [2.05, 4.69) is 16.3 Å². The maximum absolute atomic E-state index is 13.5. The van der Waals surface area contributed by atoms with Crippen molar-refractivity contribution in [3.05, 3.63) is 82.2 Å². The third-order valence-electron chi connectivity index (χ3n) is 6.45. The van der Waals surface area contributed by atoms with Crippen LogP contribution in [0.5, 0.6) is 0 Å². The molecule has 0 bridgehead atoms. The number of carbonyl (C=O) groups is 1. The zero-order valence-electron chi connectivity index (χ0n) is 19.2. The monoisotopic (exact) mass is 483 g/mol. The third kappa shape index (κ3) is 4.87. The molecule has 2 aromatic heterocycles. The van der Waals surface area contributed by atoms with Crippen molar-refractivity contribution < 1.29 is 4.79 Å². The van der Waals surface area contributed by atoms with E-state index in [9.17, 15) is 14.9 Å². The lowest BCUT2D eigenvalue weighted by atomic mass is 9.95. The first kappa shape index (κ1) is 23.0. The van der Waals surface area contributed by atoms with Gasteiger partial charge in [0.2, 0.25) is 5.91 Å². The van der Waals surface area contributed by atoms with Crippen LogP contribution in [0.4, 0.5) is 5.69 Å². The summed E-state index contributed by atoms with van der Waals surface area (Å²) in [5.41, 5.74) is 2.45. The lowest BCUT2D eigenvalue weighted by Gasteiger charge is -2.31. The second-order valence-electron chi connectivity index (χ2n) is 8.68. The molecule has 1 amide bonds. The van der Waals surface area contributed by atoms with Crippen molar-refractivity contribution in [3.63, 3.8) is 0 Å². The Balaban J connectivity index is 1.33. The molecule has 8 heteroatoms. The van der Waals surface area contributed by atoms with E-state index in [0.29, 0.717) is 22.6 Å². The van der Waals surface area contributed by atoms with Crippen LogP contribution in [0.25, 0.3) is 21.3 Å². The first-order chi connectivity index (χ1) is 17.1. The number of nitrogens with one attached hydrogen (secondary N) is 1. The molecule has 5 rings (SSSR count). The number of anilines is 1. The first-order valence-corrected chi connectivity index (χ1v) is 12.5. The standard InChI is InChI=1S/C27H25N5O2S/c28-13-16-32-23(30-26-24(27(32)34)22(18-35-26)19-7-3-1-4-8-19)17-31-14-11-20(12-15-31)25(33)29-21-9-5-2-6-10-21/h1-10,18,20H,11-12,14-17H2,(H,29,33). The van der Waals surface area contributed by atoms with Crippen molar-refractivity contribution >= 4 is 33.1 Å². The minimum Gasteiger partial charge on any atom is -0.326 e. The van der Waals surface area contributed by atoms with Crippen molar-refractivity contribution in [2.24, 2.45) is 5.92 Å². The Kier molecular flexibility index (Phi) is 6.70.